The first-order valence-electron chi connectivity index (χ1n) is 8.65. The zero-order chi connectivity index (χ0) is 17.9. The number of allylic oxidation sites excluding steroid dienone is 1. The molecule has 0 bridgehead atoms. The second-order valence-corrected chi connectivity index (χ2v) is 6.29. The molecule has 3 nitrogen and oxygen atoms in total. The van der Waals surface area contributed by atoms with Gasteiger partial charge in [0.15, 0.2) is 0 Å². The molecule has 1 unspecified atom stereocenters. The van der Waals surface area contributed by atoms with Crippen LogP contribution in [0.2, 0.25) is 5.02 Å². The maximum absolute atomic E-state index is 6.02. The predicted molar refractivity (Wildman–Crippen MR) is 106 cm³/mol. The summed E-state index contributed by atoms with van der Waals surface area (Å²) in [5.41, 5.74) is 2.65. The lowest BCUT2D eigenvalue weighted by Crippen LogP contribution is -2.45. The summed E-state index contributed by atoms with van der Waals surface area (Å²) in [7, 11) is 1.62. The van der Waals surface area contributed by atoms with E-state index >= 15 is 0 Å². The lowest BCUT2D eigenvalue weighted by molar-refractivity contribution is 0.198. The first-order chi connectivity index (χ1) is 12.3. The fourth-order valence-corrected chi connectivity index (χ4v) is 3.10. The van der Waals surface area contributed by atoms with Crippen LogP contribution >= 0.6 is 11.6 Å². The van der Waals surface area contributed by atoms with Crippen LogP contribution in [0, 0.1) is 0 Å². The number of halogens is 1. The van der Waals surface area contributed by atoms with Gasteiger partial charge in [0.05, 0.1) is 19.4 Å². The minimum Gasteiger partial charge on any atom is -0.505 e. The summed E-state index contributed by atoms with van der Waals surface area (Å²) in [6.07, 6.45) is 3.46. The minimum atomic E-state index is 0.315. The number of rotatable bonds is 4. The minimum absolute atomic E-state index is 0.315. The molecule has 0 saturated carbocycles. The SMILES string of the molecule is CC=COC.Clc1ccc(C(c2ccccc2)N2CCNCC2)cc1. The van der Waals surface area contributed by atoms with Crippen LogP contribution in [-0.2, 0) is 4.74 Å². The molecule has 1 saturated heterocycles. The molecule has 3 rings (SSSR count). The Morgan fingerprint density at radius 1 is 1.00 bits per heavy atom. The van der Waals surface area contributed by atoms with Gasteiger partial charge in [0, 0.05) is 31.2 Å². The second-order valence-electron chi connectivity index (χ2n) is 5.86. The van der Waals surface area contributed by atoms with Gasteiger partial charge in [0.2, 0.25) is 0 Å². The molecule has 0 radical (unpaired) electrons. The summed E-state index contributed by atoms with van der Waals surface area (Å²) >= 11 is 6.02. The van der Waals surface area contributed by atoms with E-state index in [0.29, 0.717) is 6.04 Å². The number of nitrogens with one attached hydrogen (secondary N) is 1. The Kier molecular flexibility index (Phi) is 8.53. The van der Waals surface area contributed by atoms with Crippen LogP contribution in [0.5, 0.6) is 0 Å². The van der Waals surface area contributed by atoms with Gasteiger partial charge in [-0.15, -0.1) is 0 Å². The first kappa shape index (κ1) is 19.5. The monoisotopic (exact) mass is 358 g/mol. The Bertz CT molecular complexity index is 622. The molecule has 0 amide bonds. The molecule has 1 N–H and O–H groups in total. The van der Waals surface area contributed by atoms with Gasteiger partial charge in [-0.3, -0.25) is 4.90 Å². The predicted octanol–water partition coefficient (Wildman–Crippen LogP) is 4.50. The average molecular weight is 359 g/mol. The largest absolute Gasteiger partial charge is 0.505 e. The molecule has 25 heavy (non-hydrogen) atoms. The van der Waals surface area contributed by atoms with E-state index in [2.05, 4.69) is 57.4 Å². The van der Waals surface area contributed by atoms with E-state index in [-0.39, 0.29) is 0 Å². The number of piperazine rings is 1. The van der Waals surface area contributed by atoms with Crippen molar-refractivity contribution in [2.75, 3.05) is 33.3 Å². The standard InChI is InChI=1S/C17H19ClN2.C4H8O/c18-16-8-6-15(7-9-16)17(14-4-2-1-3-5-14)20-12-10-19-11-13-20;1-3-4-5-2/h1-9,17,19H,10-13H2;3-4H,1-2H3. The van der Waals surface area contributed by atoms with E-state index in [9.17, 15) is 0 Å². The van der Waals surface area contributed by atoms with E-state index in [4.69, 9.17) is 11.6 Å². The van der Waals surface area contributed by atoms with Crippen molar-refractivity contribution in [3.05, 3.63) is 83.1 Å². The Hall–Kier alpha value is -1.81. The zero-order valence-electron chi connectivity index (χ0n) is 15.0. The maximum atomic E-state index is 6.02. The lowest BCUT2D eigenvalue weighted by Gasteiger charge is -2.35. The molecular weight excluding hydrogens is 332 g/mol. The fraction of sp³-hybridized carbons (Fsp3) is 0.333. The van der Waals surface area contributed by atoms with Gasteiger partial charge in [0.1, 0.15) is 0 Å². The van der Waals surface area contributed by atoms with Gasteiger partial charge in [-0.25, -0.2) is 0 Å². The van der Waals surface area contributed by atoms with Crippen LogP contribution in [0.3, 0.4) is 0 Å². The highest BCUT2D eigenvalue weighted by atomic mass is 35.5. The van der Waals surface area contributed by atoms with E-state index < -0.39 is 0 Å². The average Bonchev–Trinajstić information content (AvgIpc) is 2.67. The van der Waals surface area contributed by atoms with Crippen LogP contribution in [0.4, 0.5) is 0 Å². The molecule has 1 fully saturated rings. The number of ether oxygens (including phenoxy) is 1. The van der Waals surface area contributed by atoms with Crippen molar-refractivity contribution < 1.29 is 4.74 Å². The summed E-state index contributed by atoms with van der Waals surface area (Å²) in [4.78, 5) is 2.54. The molecule has 2 aromatic rings. The fourth-order valence-electron chi connectivity index (χ4n) is 2.97. The van der Waals surface area contributed by atoms with E-state index in [1.54, 1.807) is 13.4 Å². The number of nitrogens with zero attached hydrogens (tertiary/aromatic N) is 1. The number of hydrogen-bond donors (Lipinski definition) is 1. The Labute approximate surface area is 156 Å². The van der Waals surface area contributed by atoms with Crippen molar-refractivity contribution in [2.45, 2.75) is 13.0 Å². The van der Waals surface area contributed by atoms with Crippen LogP contribution < -0.4 is 5.32 Å². The van der Waals surface area contributed by atoms with Crippen molar-refractivity contribution in [3.8, 4) is 0 Å². The van der Waals surface area contributed by atoms with Crippen molar-refractivity contribution in [1.82, 2.24) is 10.2 Å². The van der Waals surface area contributed by atoms with Gasteiger partial charge in [-0.2, -0.15) is 0 Å². The van der Waals surface area contributed by atoms with Crippen molar-refractivity contribution in [3.63, 3.8) is 0 Å². The molecule has 1 aliphatic heterocycles. The lowest BCUT2D eigenvalue weighted by atomic mass is 9.96. The highest BCUT2D eigenvalue weighted by Crippen LogP contribution is 2.29. The first-order valence-corrected chi connectivity index (χ1v) is 9.03. The van der Waals surface area contributed by atoms with E-state index in [1.807, 2.05) is 25.1 Å². The molecule has 0 aliphatic carbocycles. The number of hydrogen-bond acceptors (Lipinski definition) is 3. The normalized spacial score (nSPS) is 16.1. The maximum Gasteiger partial charge on any atom is 0.0781 e. The highest BCUT2D eigenvalue weighted by molar-refractivity contribution is 6.30. The molecule has 1 atom stereocenters. The number of methoxy groups -OCH3 is 1. The third-order valence-electron chi connectivity index (χ3n) is 4.09. The van der Waals surface area contributed by atoms with Crippen molar-refractivity contribution >= 4 is 11.6 Å². The quantitative estimate of drug-likeness (QED) is 0.814. The van der Waals surface area contributed by atoms with Crippen molar-refractivity contribution in [2.24, 2.45) is 0 Å². The summed E-state index contributed by atoms with van der Waals surface area (Å²) in [5.74, 6) is 0. The topological polar surface area (TPSA) is 24.5 Å². The summed E-state index contributed by atoms with van der Waals surface area (Å²) in [6.45, 7) is 6.15. The molecule has 1 aliphatic rings. The smallest absolute Gasteiger partial charge is 0.0781 e. The molecule has 0 aromatic heterocycles. The Morgan fingerprint density at radius 3 is 2.12 bits per heavy atom. The van der Waals surface area contributed by atoms with Crippen molar-refractivity contribution in [1.29, 1.82) is 0 Å². The highest BCUT2D eigenvalue weighted by Gasteiger charge is 2.23. The van der Waals surface area contributed by atoms with Crippen LogP contribution in [-0.4, -0.2) is 38.2 Å². The Balaban J connectivity index is 0.000000399. The van der Waals surface area contributed by atoms with Gasteiger partial charge >= 0.3 is 0 Å². The second kappa shape index (κ2) is 10.9. The summed E-state index contributed by atoms with van der Waals surface area (Å²) < 4.78 is 4.51. The Morgan fingerprint density at radius 2 is 1.60 bits per heavy atom. The third kappa shape index (κ3) is 6.20. The summed E-state index contributed by atoms with van der Waals surface area (Å²) in [6, 6.07) is 19.3. The molecule has 2 aromatic carbocycles. The van der Waals surface area contributed by atoms with Gasteiger partial charge in [-0.05, 0) is 30.2 Å². The molecule has 4 heteroatoms. The van der Waals surface area contributed by atoms with Gasteiger partial charge < -0.3 is 10.1 Å². The van der Waals surface area contributed by atoms with Crippen LogP contribution in [0.25, 0.3) is 0 Å². The number of benzene rings is 2. The molecule has 134 valence electrons. The summed E-state index contributed by atoms with van der Waals surface area (Å²) in [5, 5.41) is 4.21. The molecule has 1 heterocycles. The molecular formula is C21H27ClN2O. The van der Waals surface area contributed by atoms with E-state index in [1.165, 1.54) is 11.1 Å². The van der Waals surface area contributed by atoms with Crippen LogP contribution in [0.1, 0.15) is 24.1 Å². The third-order valence-corrected chi connectivity index (χ3v) is 4.34. The van der Waals surface area contributed by atoms with Gasteiger partial charge in [-0.1, -0.05) is 60.1 Å². The van der Waals surface area contributed by atoms with E-state index in [0.717, 1.165) is 31.2 Å². The molecule has 0 spiro atoms. The van der Waals surface area contributed by atoms with Crippen LogP contribution in [0.15, 0.2) is 66.9 Å². The van der Waals surface area contributed by atoms with Gasteiger partial charge in [0.25, 0.3) is 0 Å². The zero-order valence-corrected chi connectivity index (χ0v) is 15.7.